The van der Waals surface area contributed by atoms with Crippen LogP contribution in [0.5, 0.6) is 0 Å². The van der Waals surface area contributed by atoms with Crippen LogP contribution >= 0.6 is 12.6 Å². The monoisotopic (exact) mass is 198 g/mol. The molecule has 2 aliphatic carbocycles. The van der Waals surface area contributed by atoms with Crippen LogP contribution in [0.2, 0.25) is 0 Å². The van der Waals surface area contributed by atoms with Crippen LogP contribution < -0.4 is 0 Å². The summed E-state index contributed by atoms with van der Waals surface area (Å²) in [5, 5.41) is 0.711. The lowest BCUT2D eigenvalue weighted by molar-refractivity contribution is 0.193. The van der Waals surface area contributed by atoms with E-state index in [-0.39, 0.29) is 0 Å². The van der Waals surface area contributed by atoms with E-state index in [0.29, 0.717) is 5.25 Å². The Hall–Kier alpha value is 0.350. The molecular weight excluding hydrogens is 176 g/mol. The summed E-state index contributed by atoms with van der Waals surface area (Å²) in [5.41, 5.74) is 0. The standard InChI is InChI=1S/C12H22S/c13-12-7-3-6-10-4-1-2-5-11(10)8-9-12/h10-13H,1-9H2/t10?,11-,12-/m0/s1. The van der Waals surface area contributed by atoms with Gasteiger partial charge in [-0.3, -0.25) is 0 Å². The average molecular weight is 198 g/mol. The molecule has 0 saturated heterocycles. The van der Waals surface area contributed by atoms with Crippen LogP contribution in [0.3, 0.4) is 0 Å². The molecule has 0 aromatic rings. The van der Waals surface area contributed by atoms with Crippen molar-refractivity contribution < 1.29 is 0 Å². The maximum absolute atomic E-state index is 4.63. The number of hydrogen-bond acceptors (Lipinski definition) is 1. The Balaban J connectivity index is 1.90. The quantitative estimate of drug-likeness (QED) is 0.558. The van der Waals surface area contributed by atoms with E-state index in [0.717, 1.165) is 11.8 Å². The number of hydrogen-bond donors (Lipinski definition) is 1. The van der Waals surface area contributed by atoms with E-state index in [1.54, 1.807) is 0 Å². The molecule has 0 spiro atoms. The van der Waals surface area contributed by atoms with Gasteiger partial charge in [0, 0.05) is 5.25 Å². The van der Waals surface area contributed by atoms with Crippen LogP contribution in [-0.2, 0) is 0 Å². The summed E-state index contributed by atoms with van der Waals surface area (Å²) in [6, 6.07) is 0. The smallest absolute Gasteiger partial charge is 0.00169 e. The molecule has 2 fully saturated rings. The van der Waals surface area contributed by atoms with Gasteiger partial charge in [0.05, 0.1) is 0 Å². The molecule has 3 atom stereocenters. The van der Waals surface area contributed by atoms with Gasteiger partial charge in [-0.1, -0.05) is 38.5 Å². The molecule has 2 aliphatic rings. The highest BCUT2D eigenvalue weighted by atomic mass is 32.1. The highest BCUT2D eigenvalue weighted by Gasteiger charge is 2.26. The average Bonchev–Trinajstić information content (AvgIpc) is 2.13. The van der Waals surface area contributed by atoms with E-state index in [9.17, 15) is 0 Å². The van der Waals surface area contributed by atoms with Gasteiger partial charge >= 0.3 is 0 Å². The van der Waals surface area contributed by atoms with Crippen LogP contribution in [0.15, 0.2) is 0 Å². The fourth-order valence-corrected chi connectivity index (χ4v) is 3.54. The van der Waals surface area contributed by atoms with Crippen molar-refractivity contribution >= 4 is 12.6 Å². The van der Waals surface area contributed by atoms with E-state index in [1.807, 2.05) is 0 Å². The van der Waals surface area contributed by atoms with E-state index in [1.165, 1.54) is 57.8 Å². The zero-order valence-corrected chi connectivity index (χ0v) is 9.44. The van der Waals surface area contributed by atoms with Gasteiger partial charge in [0.1, 0.15) is 0 Å². The Bertz CT molecular complexity index is 155. The summed E-state index contributed by atoms with van der Waals surface area (Å²) in [5.74, 6) is 2.17. The fraction of sp³-hybridized carbons (Fsp3) is 1.00. The second-order valence-corrected chi connectivity index (χ2v) is 5.70. The molecule has 0 nitrogen and oxygen atoms in total. The summed E-state index contributed by atoms with van der Waals surface area (Å²) in [4.78, 5) is 0. The van der Waals surface area contributed by atoms with Gasteiger partial charge in [0.2, 0.25) is 0 Å². The molecule has 0 aliphatic heterocycles. The van der Waals surface area contributed by atoms with Crippen molar-refractivity contribution in [3.63, 3.8) is 0 Å². The first kappa shape index (κ1) is 9.89. The molecule has 76 valence electrons. The molecule has 2 rings (SSSR count). The van der Waals surface area contributed by atoms with Crippen LogP contribution in [0.25, 0.3) is 0 Å². The Morgan fingerprint density at radius 3 is 2.00 bits per heavy atom. The molecule has 13 heavy (non-hydrogen) atoms. The summed E-state index contributed by atoms with van der Waals surface area (Å²) in [7, 11) is 0. The first-order valence-corrected chi connectivity index (χ1v) is 6.56. The third kappa shape index (κ3) is 2.65. The van der Waals surface area contributed by atoms with Gasteiger partial charge in [0.15, 0.2) is 0 Å². The maximum atomic E-state index is 4.63. The van der Waals surface area contributed by atoms with Crippen molar-refractivity contribution in [2.45, 2.75) is 63.0 Å². The van der Waals surface area contributed by atoms with Crippen LogP contribution in [0, 0.1) is 11.8 Å². The Kier molecular flexibility index (Phi) is 3.59. The van der Waals surface area contributed by atoms with Gasteiger partial charge in [-0.25, -0.2) is 0 Å². The van der Waals surface area contributed by atoms with Crippen molar-refractivity contribution in [2.75, 3.05) is 0 Å². The Morgan fingerprint density at radius 1 is 0.615 bits per heavy atom. The molecule has 1 unspecified atom stereocenters. The van der Waals surface area contributed by atoms with Gasteiger partial charge in [0.25, 0.3) is 0 Å². The minimum Gasteiger partial charge on any atom is -0.176 e. The third-order valence-electron chi connectivity index (χ3n) is 4.05. The number of thiol groups is 1. The van der Waals surface area contributed by atoms with E-state index < -0.39 is 0 Å². The van der Waals surface area contributed by atoms with Crippen LogP contribution in [0.1, 0.15) is 57.8 Å². The van der Waals surface area contributed by atoms with Crippen molar-refractivity contribution in [1.82, 2.24) is 0 Å². The molecule has 1 heteroatoms. The lowest BCUT2D eigenvalue weighted by atomic mass is 9.73. The molecule has 0 amide bonds. The first-order chi connectivity index (χ1) is 6.36. The number of fused-ring (bicyclic) bond motifs is 1. The normalized spacial score (nSPS) is 41.8. The molecule has 0 bridgehead atoms. The predicted molar refractivity (Wildman–Crippen MR) is 61.3 cm³/mol. The SMILES string of the molecule is S[C@H]1CCCC2CCCC[C@H]2CC1. The second kappa shape index (κ2) is 4.72. The molecule has 0 aromatic heterocycles. The predicted octanol–water partition coefficient (Wildman–Crippen LogP) is 4.06. The van der Waals surface area contributed by atoms with Crippen LogP contribution in [-0.4, -0.2) is 5.25 Å². The lowest BCUT2D eigenvalue weighted by Crippen LogP contribution is -2.22. The van der Waals surface area contributed by atoms with Gasteiger partial charge in [-0.2, -0.15) is 12.6 Å². The molecule has 0 N–H and O–H groups in total. The second-order valence-electron chi connectivity index (χ2n) is 4.97. The zero-order chi connectivity index (χ0) is 9.10. The zero-order valence-electron chi connectivity index (χ0n) is 8.54. The summed E-state index contributed by atoms with van der Waals surface area (Å²) in [6.07, 6.45) is 13.2. The van der Waals surface area contributed by atoms with E-state index in [4.69, 9.17) is 0 Å². The van der Waals surface area contributed by atoms with E-state index in [2.05, 4.69) is 12.6 Å². The summed E-state index contributed by atoms with van der Waals surface area (Å²) >= 11 is 4.63. The summed E-state index contributed by atoms with van der Waals surface area (Å²) in [6.45, 7) is 0. The maximum Gasteiger partial charge on any atom is 0.00169 e. The van der Waals surface area contributed by atoms with Crippen molar-refractivity contribution in [2.24, 2.45) is 11.8 Å². The molecule has 2 saturated carbocycles. The van der Waals surface area contributed by atoms with Gasteiger partial charge in [-0.05, 0) is 31.1 Å². The minimum atomic E-state index is 0.711. The third-order valence-corrected chi connectivity index (χ3v) is 4.57. The molecule has 0 heterocycles. The van der Waals surface area contributed by atoms with Crippen LogP contribution in [0.4, 0.5) is 0 Å². The lowest BCUT2D eigenvalue weighted by Gasteiger charge is -2.34. The highest BCUT2D eigenvalue weighted by molar-refractivity contribution is 7.80. The Labute approximate surface area is 87.9 Å². The van der Waals surface area contributed by atoms with Gasteiger partial charge in [-0.15, -0.1) is 0 Å². The molecule has 0 aromatic carbocycles. The van der Waals surface area contributed by atoms with Gasteiger partial charge < -0.3 is 0 Å². The number of rotatable bonds is 0. The van der Waals surface area contributed by atoms with Crippen molar-refractivity contribution in [3.05, 3.63) is 0 Å². The van der Waals surface area contributed by atoms with E-state index >= 15 is 0 Å². The Morgan fingerprint density at radius 2 is 1.23 bits per heavy atom. The minimum absolute atomic E-state index is 0.711. The van der Waals surface area contributed by atoms with Crippen molar-refractivity contribution in [1.29, 1.82) is 0 Å². The van der Waals surface area contributed by atoms with Crippen molar-refractivity contribution in [3.8, 4) is 0 Å². The highest BCUT2D eigenvalue weighted by Crippen LogP contribution is 2.39. The fourth-order valence-electron chi connectivity index (χ4n) is 3.21. The summed E-state index contributed by atoms with van der Waals surface area (Å²) < 4.78 is 0. The molecule has 0 radical (unpaired) electrons. The molecular formula is C12H22S. The first-order valence-electron chi connectivity index (χ1n) is 6.04. The largest absolute Gasteiger partial charge is 0.176 e. The topological polar surface area (TPSA) is 0 Å².